The molecule has 2 aromatic heterocycles. The van der Waals surface area contributed by atoms with E-state index in [-0.39, 0.29) is 34.3 Å². The molecule has 4 aliphatic rings. The van der Waals surface area contributed by atoms with Crippen LogP contribution in [-0.2, 0) is 4.79 Å². The minimum absolute atomic E-state index is 0.0571. The first kappa shape index (κ1) is 19.0. The van der Waals surface area contributed by atoms with Crippen LogP contribution in [0.5, 0.6) is 0 Å². The molecule has 31 heavy (non-hydrogen) atoms. The highest BCUT2D eigenvalue weighted by atomic mass is 16.3. The molecule has 2 saturated heterocycles. The van der Waals surface area contributed by atoms with Gasteiger partial charge in [-0.2, -0.15) is 5.10 Å². The van der Waals surface area contributed by atoms with Gasteiger partial charge in [0.05, 0.1) is 17.6 Å². The molecular weight excluding hydrogens is 398 g/mol. The first-order valence-electron chi connectivity index (χ1n) is 11.2. The number of rotatable bonds is 2. The Bertz CT molecular complexity index is 1120. The lowest BCUT2D eigenvalue weighted by Crippen LogP contribution is -2.43. The SMILES string of the molecule is O=C(c1ccc2n[nH]c(=O)n2c1)N1CC23CCCC2(C1)CN(C(=O)C1CCCC1O)C3. The van der Waals surface area contributed by atoms with Crippen LogP contribution >= 0.6 is 0 Å². The summed E-state index contributed by atoms with van der Waals surface area (Å²) in [6, 6.07) is 3.39. The van der Waals surface area contributed by atoms with Crippen molar-refractivity contribution in [2.75, 3.05) is 26.2 Å². The van der Waals surface area contributed by atoms with Crippen LogP contribution in [0.25, 0.3) is 5.65 Å². The van der Waals surface area contributed by atoms with Gasteiger partial charge in [0, 0.05) is 43.2 Å². The van der Waals surface area contributed by atoms with Crippen LogP contribution in [0.4, 0.5) is 0 Å². The molecule has 2 N–H and O–H groups in total. The van der Waals surface area contributed by atoms with Crippen molar-refractivity contribution < 1.29 is 14.7 Å². The molecule has 4 unspecified atom stereocenters. The number of aliphatic hydroxyl groups is 1. The largest absolute Gasteiger partial charge is 0.392 e. The maximum Gasteiger partial charge on any atom is 0.347 e. The summed E-state index contributed by atoms with van der Waals surface area (Å²) in [5.41, 5.74) is 0.484. The maximum absolute atomic E-state index is 13.3. The zero-order valence-corrected chi connectivity index (χ0v) is 17.4. The van der Waals surface area contributed by atoms with Crippen molar-refractivity contribution in [1.82, 2.24) is 24.4 Å². The van der Waals surface area contributed by atoms with E-state index in [0.717, 1.165) is 32.1 Å². The highest BCUT2D eigenvalue weighted by Gasteiger charge is 2.66. The molecule has 164 valence electrons. The summed E-state index contributed by atoms with van der Waals surface area (Å²) in [6.45, 7) is 2.64. The second-order valence-electron chi connectivity index (χ2n) is 10.0. The second kappa shape index (κ2) is 6.41. The third-order valence-corrected chi connectivity index (χ3v) is 8.46. The van der Waals surface area contributed by atoms with Crippen LogP contribution in [0.15, 0.2) is 23.1 Å². The fraction of sp³-hybridized carbons (Fsp3) is 0.636. The molecule has 9 nitrogen and oxygen atoms in total. The van der Waals surface area contributed by atoms with E-state index in [0.29, 0.717) is 43.8 Å². The van der Waals surface area contributed by atoms with Crippen molar-refractivity contribution in [2.24, 2.45) is 16.7 Å². The second-order valence-corrected chi connectivity index (χ2v) is 10.0. The number of nitrogens with zero attached hydrogens (tertiary/aromatic N) is 4. The Balaban J connectivity index is 1.25. The Hall–Kier alpha value is -2.68. The van der Waals surface area contributed by atoms with Gasteiger partial charge in [-0.1, -0.05) is 6.42 Å². The van der Waals surface area contributed by atoms with E-state index in [2.05, 4.69) is 10.2 Å². The van der Waals surface area contributed by atoms with E-state index >= 15 is 0 Å². The van der Waals surface area contributed by atoms with Crippen molar-refractivity contribution in [3.05, 3.63) is 34.4 Å². The number of fused-ring (bicyclic) bond motifs is 1. The van der Waals surface area contributed by atoms with E-state index in [1.54, 1.807) is 18.3 Å². The van der Waals surface area contributed by atoms with Gasteiger partial charge in [0.1, 0.15) is 0 Å². The molecular formula is C22H27N5O4. The number of aliphatic hydroxyl groups excluding tert-OH is 1. The lowest BCUT2D eigenvalue weighted by atomic mass is 9.71. The number of aromatic nitrogens is 3. The average molecular weight is 425 g/mol. The number of carbonyl (C=O) groups is 2. The van der Waals surface area contributed by atoms with Crippen molar-refractivity contribution in [3.63, 3.8) is 0 Å². The van der Waals surface area contributed by atoms with Gasteiger partial charge in [-0.15, -0.1) is 0 Å². The Morgan fingerprint density at radius 3 is 2.42 bits per heavy atom. The third kappa shape index (κ3) is 2.58. The van der Waals surface area contributed by atoms with Crippen molar-refractivity contribution in [3.8, 4) is 0 Å². The van der Waals surface area contributed by atoms with E-state index in [9.17, 15) is 19.5 Å². The lowest BCUT2D eigenvalue weighted by molar-refractivity contribution is -0.138. The molecule has 4 fully saturated rings. The Labute approximate surface area is 179 Å². The monoisotopic (exact) mass is 425 g/mol. The summed E-state index contributed by atoms with van der Waals surface area (Å²) in [7, 11) is 0. The van der Waals surface area contributed by atoms with Gasteiger partial charge in [-0.3, -0.25) is 9.59 Å². The smallest absolute Gasteiger partial charge is 0.347 e. The molecule has 4 heterocycles. The molecule has 0 aromatic carbocycles. The van der Waals surface area contributed by atoms with Gasteiger partial charge in [0.2, 0.25) is 5.91 Å². The Morgan fingerprint density at radius 1 is 1.03 bits per heavy atom. The maximum atomic E-state index is 13.3. The van der Waals surface area contributed by atoms with Crippen LogP contribution in [0.2, 0.25) is 0 Å². The molecule has 9 heteroatoms. The van der Waals surface area contributed by atoms with Gasteiger partial charge in [-0.05, 0) is 44.2 Å². The first-order chi connectivity index (χ1) is 14.9. The molecule has 0 radical (unpaired) electrons. The average Bonchev–Trinajstić information content (AvgIpc) is 3.51. The summed E-state index contributed by atoms with van der Waals surface area (Å²) in [5.74, 6) is -0.234. The number of hydrogen-bond acceptors (Lipinski definition) is 5. The van der Waals surface area contributed by atoms with Crippen LogP contribution in [-0.4, -0.2) is 73.6 Å². The summed E-state index contributed by atoms with van der Waals surface area (Å²) in [6.07, 6.45) is 6.62. The molecule has 2 aliphatic heterocycles. The third-order valence-electron chi connectivity index (χ3n) is 8.46. The van der Waals surface area contributed by atoms with Crippen LogP contribution in [0, 0.1) is 16.7 Å². The first-order valence-corrected chi connectivity index (χ1v) is 11.2. The van der Waals surface area contributed by atoms with Gasteiger partial charge in [0.15, 0.2) is 5.65 Å². The fourth-order valence-corrected chi connectivity index (χ4v) is 6.93. The van der Waals surface area contributed by atoms with Gasteiger partial charge >= 0.3 is 5.69 Å². The number of nitrogens with one attached hydrogen (secondary N) is 1. The van der Waals surface area contributed by atoms with E-state index in [1.807, 2.05) is 9.80 Å². The molecule has 2 amide bonds. The summed E-state index contributed by atoms with van der Waals surface area (Å²) < 4.78 is 1.36. The van der Waals surface area contributed by atoms with Gasteiger partial charge in [0.25, 0.3) is 5.91 Å². The highest BCUT2D eigenvalue weighted by molar-refractivity contribution is 5.94. The highest BCUT2D eigenvalue weighted by Crippen LogP contribution is 2.62. The molecule has 0 bridgehead atoms. The van der Waals surface area contributed by atoms with Crippen molar-refractivity contribution in [1.29, 1.82) is 0 Å². The zero-order valence-electron chi connectivity index (χ0n) is 17.4. The molecule has 0 spiro atoms. The fourth-order valence-electron chi connectivity index (χ4n) is 6.93. The van der Waals surface area contributed by atoms with Crippen LogP contribution < -0.4 is 5.69 Å². The quantitative estimate of drug-likeness (QED) is 0.734. The predicted octanol–water partition coefficient (Wildman–Crippen LogP) is 0.638. The van der Waals surface area contributed by atoms with E-state index in [4.69, 9.17) is 0 Å². The van der Waals surface area contributed by atoms with Crippen molar-refractivity contribution >= 4 is 17.5 Å². The number of pyridine rings is 1. The van der Waals surface area contributed by atoms with E-state index in [1.165, 1.54) is 4.40 Å². The number of H-pyrrole nitrogens is 1. The molecule has 4 atom stereocenters. The molecule has 2 aromatic rings. The number of likely N-dealkylation sites (tertiary alicyclic amines) is 2. The van der Waals surface area contributed by atoms with Crippen LogP contribution in [0.1, 0.15) is 48.9 Å². The molecule has 6 rings (SSSR count). The normalized spacial score (nSPS) is 34.5. The van der Waals surface area contributed by atoms with Gasteiger partial charge < -0.3 is 14.9 Å². The topological polar surface area (TPSA) is 111 Å². The van der Waals surface area contributed by atoms with Gasteiger partial charge in [-0.25, -0.2) is 14.3 Å². The number of amides is 2. The predicted molar refractivity (Wildman–Crippen MR) is 110 cm³/mol. The van der Waals surface area contributed by atoms with E-state index < -0.39 is 6.10 Å². The Kier molecular flexibility index (Phi) is 3.94. The van der Waals surface area contributed by atoms with Crippen molar-refractivity contribution in [2.45, 2.75) is 44.6 Å². The standard InChI is InChI=1S/C22H27N5O4/c28-16-4-1-3-15(16)19(30)26-12-21-7-2-8-22(21,13-26)11-25(10-21)18(29)14-5-6-17-23-24-20(31)27(17)9-14/h5-6,9,15-16,28H,1-4,7-8,10-13H2,(H,24,31). The summed E-state index contributed by atoms with van der Waals surface area (Å²) >= 11 is 0. The number of aromatic amines is 1. The number of hydrogen-bond donors (Lipinski definition) is 2. The minimum atomic E-state index is -0.512. The number of carbonyl (C=O) groups excluding carboxylic acids is 2. The molecule has 2 aliphatic carbocycles. The minimum Gasteiger partial charge on any atom is -0.392 e. The lowest BCUT2D eigenvalue weighted by Gasteiger charge is -2.29. The zero-order chi connectivity index (χ0) is 21.4. The van der Waals surface area contributed by atoms with Crippen LogP contribution in [0.3, 0.4) is 0 Å². The summed E-state index contributed by atoms with van der Waals surface area (Å²) in [5, 5.41) is 16.5. The molecule has 2 saturated carbocycles. The Morgan fingerprint density at radius 2 is 1.74 bits per heavy atom. The summed E-state index contributed by atoms with van der Waals surface area (Å²) in [4.78, 5) is 42.2.